The first-order valence-electron chi connectivity index (χ1n) is 7.13. The maximum Gasteiger partial charge on any atom is 0.00993 e. The zero-order valence-electron chi connectivity index (χ0n) is 11.2. The van der Waals surface area contributed by atoms with Crippen molar-refractivity contribution in [2.75, 3.05) is 13.6 Å². The molecule has 2 fully saturated rings. The number of nitrogens with zero attached hydrogens (tertiary/aromatic N) is 1. The monoisotopic (exact) mass is 224 g/mol. The van der Waals surface area contributed by atoms with Crippen LogP contribution in [0.1, 0.15) is 52.4 Å². The van der Waals surface area contributed by atoms with E-state index in [1.54, 1.807) is 0 Å². The van der Waals surface area contributed by atoms with Gasteiger partial charge in [0.2, 0.25) is 0 Å². The highest BCUT2D eigenvalue weighted by atomic mass is 15.2. The van der Waals surface area contributed by atoms with Crippen LogP contribution in [0.5, 0.6) is 0 Å². The number of hydrogen-bond donors (Lipinski definition) is 1. The Morgan fingerprint density at radius 1 is 0.938 bits per heavy atom. The maximum absolute atomic E-state index is 3.43. The summed E-state index contributed by atoms with van der Waals surface area (Å²) in [7, 11) is 2.11. The molecule has 2 rings (SSSR count). The number of hydrogen-bond acceptors (Lipinski definition) is 2. The van der Waals surface area contributed by atoms with E-state index in [-0.39, 0.29) is 0 Å². The first-order valence-corrected chi connectivity index (χ1v) is 7.13. The number of likely N-dealkylation sites (tertiary alicyclic amines) is 1. The van der Waals surface area contributed by atoms with Gasteiger partial charge in [0.1, 0.15) is 0 Å². The number of nitrogens with one attached hydrogen (secondary N) is 1. The Balaban J connectivity index is 1.87. The fourth-order valence-corrected chi connectivity index (χ4v) is 3.53. The van der Waals surface area contributed by atoms with E-state index in [1.807, 2.05) is 0 Å². The molecule has 2 nitrogen and oxygen atoms in total. The standard InChI is InChI=1S/C14H28N2/c1-11-4-5-12(2)16(10-11)14-8-6-13(15-3)7-9-14/h11-15H,4-10H2,1-3H3. The molecular formula is C14H28N2. The van der Waals surface area contributed by atoms with E-state index in [4.69, 9.17) is 0 Å². The third kappa shape index (κ3) is 2.78. The lowest BCUT2D eigenvalue weighted by atomic mass is 9.86. The molecule has 1 saturated carbocycles. The second kappa shape index (κ2) is 5.50. The molecule has 0 radical (unpaired) electrons. The third-order valence-corrected chi connectivity index (χ3v) is 4.74. The molecular weight excluding hydrogens is 196 g/mol. The van der Waals surface area contributed by atoms with Gasteiger partial charge in [-0.15, -0.1) is 0 Å². The van der Waals surface area contributed by atoms with E-state index >= 15 is 0 Å². The van der Waals surface area contributed by atoms with Gasteiger partial charge in [-0.1, -0.05) is 6.92 Å². The first kappa shape index (κ1) is 12.4. The second-order valence-corrected chi connectivity index (χ2v) is 6.02. The van der Waals surface area contributed by atoms with Gasteiger partial charge in [0.05, 0.1) is 0 Å². The van der Waals surface area contributed by atoms with Crippen molar-refractivity contribution in [1.29, 1.82) is 0 Å². The molecule has 0 bridgehead atoms. The van der Waals surface area contributed by atoms with Crippen molar-refractivity contribution in [2.45, 2.75) is 70.5 Å². The third-order valence-electron chi connectivity index (χ3n) is 4.74. The van der Waals surface area contributed by atoms with E-state index < -0.39 is 0 Å². The van der Waals surface area contributed by atoms with Crippen molar-refractivity contribution in [2.24, 2.45) is 5.92 Å². The zero-order chi connectivity index (χ0) is 11.5. The van der Waals surface area contributed by atoms with Gasteiger partial charge in [0, 0.05) is 24.7 Å². The zero-order valence-corrected chi connectivity index (χ0v) is 11.2. The van der Waals surface area contributed by atoms with E-state index in [1.165, 1.54) is 45.1 Å². The molecule has 2 atom stereocenters. The predicted molar refractivity (Wildman–Crippen MR) is 69.7 cm³/mol. The molecule has 0 aromatic heterocycles. The van der Waals surface area contributed by atoms with Crippen LogP contribution in [0, 0.1) is 5.92 Å². The number of piperidine rings is 1. The summed E-state index contributed by atoms with van der Waals surface area (Å²) in [4.78, 5) is 2.81. The normalized spacial score (nSPS) is 42.2. The summed E-state index contributed by atoms with van der Waals surface area (Å²) in [6.07, 6.45) is 8.40. The summed E-state index contributed by atoms with van der Waals surface area (Å²) >= 11 is 0. The van der Waals surface area contributed by atoms with Crippen LogP contribution in [0.3, 0.4) is 0 Å². The van der Waals surface area contributed by atoms with Crippen LogP contribution >= 0.6 is 0 Å². The van der Waals surface area contributed by atoms with Crippen molar-refractivity contribution in [1.82, 2.24) is 10.2 Å². The van der Waals surface area contributed by atoms with Crippen LogP contribution in [-0.2, 0) is 0 Å². The summed E-state index contributed by atoms with van der Waals surface area (Å²) < 4.78 is 0. The average molecular weight is 224 g/mol. The molecule has 0 spiro atoms. The minimum Gasteiger partial charge on any atom is -0.317 e. The Kier molecular flexibility index (Phi) is 4.26. The van der Waals surface area contributed by atoms with Gasteiger partial charge in [-0.3, -0.25) is 4.90 Å². The van der Waals surface area contributed by atoms with Gasteiger partial charge in [0.15, 0.2) is 0 Å². The van der Waals surface area contributed by atoms with E-state index in [0.717, 1.165) is 24.0 Å². The van der Waals surface area contributed by atoms with Gasteiger partial charge >= 0.3 is 0 Å². The van der Waals surface area contributed by atoms with Gasteiger partial charge in [0.25, 0.3) is 0 Å². The van der Waals surface area contributed by atoms with Crippen molar-refractivity contribution in [3.8, 4) is 0 Å². The summed E-state index contributed by atoms with van der Waals surface area (Å²) in [5.74, 6) is 0.915. The topological polar surface area (TPSA) is 15.3 Å². The van der Waals surface area contributed by atoms with Gasteiger partial charge in [-0.05, 0) is 58.4 Å². The predicted octanol–water partition coefficient (Wildman–Crippen LogP) is 2.64. The molecule has 1 N–H and O–H groups in total. The Hall–Kier alpha value is -0.0800. The van der Waals surface area contributed by atoms with Crippen LogP contribution in [0.4, 0.5) is 0 Å². The van der Waals surface area contributed by atoms with Crippen molar-refractivity contribution >= 4 is 0 Å². The van der Waals surface area contributed by atoms with Crippen LogP contribution in [0.15, 0.2) is 0 Å². The summed E-state index contributed by atoms with van der Waals surface area (Å²) in [6, 6.07) is 2.49. The molecule has 2 heteroatoms. The van der Waals surface area contributed by atoms with Crippen LogP contribution in [-0.4, -0.2) is 36.6 Å². The molecule has 1 aliphatic heterocycles. The molecule has 0 aromatic carbocycles. The van der Waals surface area contributed by atoms with Crippen LogP contribution < -0.4 is 5.32 Å². The fourth-order valence-electron chi connectivity index (χ4n) is 3.53. The molecule has 0 aromatic rings. The molecule has 16 heavy (non-hydrogen) atoms. The summed E-state index contributed by atoms with van der Waals surface area (Å²) in [5.41, 5.74) is 0. The van der Waals surface area contributed by atoms with Gasteiger partial charge in [-0.25, -0.2) is 0 Å². The molecule has 1 saturated heterocycles. The Bertz CT molecular complexity index is 209. The highest BCUT2D eigenvalue weighted by Crippen LogP contribution is 2.30. The second-order valence-electron chi connectivity index (χ2n) is 6.02. The average Bonchev–Trinajstić information content (AvgIpc) is 2.32. The molecule has 94 valence electrons. The molecule has 0 amide bonds. The summed E-state index contributed by atoms with van der Waals surface area (Å²) in [5, 5.41) is 3.43. The minimum atomic E-state index is 0.786. The first-order chi connectivity index (χ1) is 7.70. The van der Waals surface area contributed by atoms with Gasteiger partial charge < -0.3 is 5.32 Å². The van der Waals surface area contributed by atoms with Crippen LogP contribution in [0.2, 0.25) is 0 Å². The molecule has 2 aliphatic rings. The maximum atomic E-state index is 3.43. The molecule has 2 unspecified atom stereocenters. The Morgan fingerprint density at radius 2 is 1.62 bits per heavy atom. The summed E-state index contributed by atoms with van der Waals surface area (Å²) in [6.45, 7) is 6.18. The smallest absolute Gasteiger partial charge is 0.00993 e. The van der Waals surface area contributed by atoms with E-state index in [9.17, 15) is 0 Å². The van der Waals surface area contributed by atoms with Crippen molar-refractivity contribution in [3.63, 3.8) is 0 Å². The fraction of sp³-hybridized carbons (Fsp3) is 1.00. The number of rotatable bonds is 2. The Morgan fingerprint density at radius 3 is 2.25 bits per heavy atom. The highest BCUT2D eigenvalue weighted by molar-refractivity contribution is 4.87. The van der Waals surface area contributed by atoms with Gasteiger partial charge in [-0.2, -0.15) is 0 Å². The molecule has 1 aliphatic carbocycles. The Labute approximate surface area is 101 Å². The molecule has 1 heterocycles. The van der Waals surface area contributed by atoms with Crippen LogP contribution in [0.25, 0.3) is 0 Å². The van der Waals surface area contributed by atoms with E-state index in [0.29, 0.717) is 0 Å². The van der Waals surface area contributed by atoms with Crippen molar-refractivity contribution in [3.05, 3.63) is 0 Å². The minimum absolute atomic E-state index is 0.786. The van der Waals surface area contributed by atoms with E-state index in [2.05, 4.69) is 31.1 Å². The largest absolute Gasteiger partial charge is 0.317 e. The SMILES string of the molecule is CNC1CCC(N2CC(C)CCC2C)CC1. The highest BCUT2D eigenvalue weighted by Gasteiger charge is 2.31. The lowest BCUT2D eigenvalue weighted by Crippen LogP contribution is -2.49. The van der Waals surface area contributed by atoms with Crippen molar-refractivity contribution < 1.29 is 0 Å². The lowest BCUT2D eigenvalue weighted by Gasteiger charge is -2.44. The quantitative estimate of drug-likeness (QED) is 0.776. The lowest BCUT2D eigenvalue weighted by molar-refractivity contribution is 0.0535.